The lowest BCUT2D eigenvalue weighted by Gasteiger charge is -2.28. The van der Waals surface area contributed by atoms with Crippen LogP contribution in [-0.2, 0) is 20.7 Å². The third kappa shape index (κ3) is 4.30. The van der Waals surface area contributed by atoms with E-state index in [2.05, 4.69) is 21.2 Å². The number of likely N-dealkylation sites (tertiary alicyclic amines) is 1. The highest BCUT2D eigenvalue weighted by molar-refractivity contribution is 9.10. The number of fused-ring (bicyclic) bond motifs is 2. The molecule has 0 spiro atoms. The van der Waals surface area contributed by atoms with Gasteiger partial charge in [-0.05, 0) is 41.0 Å². The molecule has 2 amide bonds. The summed E-state index contributed by atoms with van der Waals surface area (Å²) in [5, 5.41) is 4.75. The smallest absolute Gasteiger partial charge is 0.252 e. The van der Waals surface area contributed by atoms with Crippen LogP contribution < -0.4 is 5.32 Å². The van der Waals surface area contributed by atoms with Crippen molar-refractivity contribution in [2.45, 2.75) is 31.0 Å². The molecule has 5 rings (SSSR count). The Morgan fingerprint density at radius 1 is 1.06 bits per heavy atom. The van der Waals surface area contributed by atoms with Gasteiger partial charge < -0.3 is 15.0 Å². The number of hydrogen-bond acceptors (Lipinski definition) is 4. The molecule has 2 saturated heterocycles. The van der Waals surface area contributed by atoms with Crippen molar-refractivity contribution in [1.82, 2.24) is 10.2 Å². The van der Waals surface area contributed by atoms with E-state index in [-0.39, 0.29) is 30.3 Å². The second kappa shape index (κ2) is 9.08. The van der Waals surface area contributed by atoms with Crippen molar-refractivity contribution in [1.29, 1.82) is 0 Å². The average molecular weight is 507 g/mol. The highest BCUT2D eigenvalue weighted by atomic mass is 79.9. The van der Waals surface area contributed by atoms with Crippen molar-refractivity contribution in [3.8, 4) is 0 Å². The Balaban J connectivity index is 1.44. The first-order valence-electron chi connectivity index (χ1n) is 11.0. The van der Waals surface area contributed by atoms with Gasteiger partial charge in [-0.15, -0.1) is 0 Å². The van der Waals surface area contributed by atoms with E-state index in [0.29, 0.717) is 24.9 Å². The number of Topliss-reactive ketones (excluding diaryl/α,β-unsaturated/α-hetero) is 1. The molecule has 168 valence electrons. The summed E-state index contributed by atoms with van der Waals surface area (Å²) in [4.78, 5) is 40.9. The van der Waals surface area contributed by atoms with E-state index < -0.39 is 12.1 Å². The molecule has 0 saturated carbocycles. The van der Waals surface area contributed by atoms with Gasteiger partial charge in [0.25, 0.3) is 5.91 Å². The van der Waals surface area contributed by atoms with Crippen LogP contribution in [0.5, 0.6) is 0 Å². The molecule has 2 aliphatic rings. The minimum atomic E-state index is -0.801. The van der Waals surface area contributed by atoms with E-state index in [1.54, 1.807) is 11.0 Å². The van der Waals surface area contributed by atoms with Crippen LogP contribution in [-0.4, -0.2) is 53.8 Å². The predicted octanol–water partition coefficient (Wildman–Crippen LogP) is 3.51. The average Bonchev–Trinajstić information content (AvgIpc) is 3.42. The van der Waals surface area contributed by atoms with Crippen LogP contribution in [0, 0.1) is 0 Å². The van der Waals surface area contributed by atoms with Crippen molar-refractivity contribution < 1.29 is 19.1 Å². The van der Waals surface area contributed by atoms with Crippen molar-refractivity contribution >= 4 is 44.3 Å². The molecule has 0 aromatic heterocycles. The second-order valence-electron chi connectivity index (χ2n) is 8.46. The standard InChI is InChI=1S/C26H23BrN2O4/c27-18-10-8-16(9-11-18)14-21(26(32)29-13-12-23-24(29)22(30)15-33-23)28-25(31)20-7-3-5-17-4-1-2-6-19(17)20/h1-11,21,23-24H,12-15H2,(H,28,31). The zero-order chi connectivity index (χ0) is 22.9. The van der Waals surface area contributed by atoms with Gasteiger partial charge in [-0.25, -0.2) is 0 Å². The fourth-order valence-electron chi connectivity index (χ4n) is 4.76. The summed E-state index contributed by atoms with van der Waals surface area (Å²) in [6.45, 7) is 0.486. The fourth-order valence-corrected chi connectivity index (χ4v) is 5.02. The molecule has 3 aromatic rings. The summed E-state index contributed by atoms with van der Waals surface area (Å²) >= 11 is 3.43. The minimum Gasteiger partial charge on any atom is -0.368 e. The van der Waals surface area contributed by atoms with Gasteiger partial charge in [0.15, 0.2) is 5.78 Å². The Kier molecular flexibility index (Phi) is 6.00. The molecule has 33 heavy (non-hydrogen) atoms. The number of hydrogen-bond donors (Lipinski definition) is 1. The molecule has 3 unspecified atom stereocenters. The van der Waals surface area contributed by atoms with Gasteiger partial charge in [-0.3, -0.25) is 14.4 Å². The molecule has 2 heterocycles. The maximum atomic E-state index is 13.6. The summed E-state index contributed by atoms with van der Waals surface area (Å²) in [5.74, 6) is -0.640. The molecule has 1 N–H and O–H groups in total. The number of benzene rings is 3. The number of ether oxygens (including phenoxy) is 1. The number of halogens is 1. The molecule has 0 aliphatic carbocycles. The van der Waals surface area contributed by atoms with E-state index in [4.69, 9.17) is 4.74 Å². The Morgan fingerprint density at radius 2 is 1.82 bits per heavy atom. The number of rotatable bonds is 5. The lowest BCUT2D eigenvalue weighted by molar-refractivity contribution is -0.138. The molecular weight excluding hydrogens is 484 g/mol. The summed E-state index contributed by atoms with van der Waals surface area (Å²) in [6, 6.07) is 19.5. The minimum absolute atomic E-state index is 0.0405. The number of amides is 2. The van der Waals surface area contributed by atoms with Crippen LogP contribution in [0.1, 0.15) is 22.3 Å². The third-order valence-electron chi connectivity index (χ3n) is 6.39. The van der Waals surface area contributed by atoms with Crippen LogP contribution in [0.3, 0.4) is 0 Å². The SMILES string of the molecule is O=C(NC(Cc1ccc(Br)cc1)C(=O)N1CCC2OCC(=O)C21)c1cccc2ccccc12. The Labute approximate surface area is 200 Å². The molecule has 3 aromatic carbocycles. The third-order valence-corrected chi connectivity index (χ3v) is 6.91. The van der Waals surface area contributed by atoms with Gasteiger partial charge in [0, 0.05) is 23.0 Å². The van der Waals surface area contributed by atoms with Crippen LogP contribution >= 0.6 is 15.9 Å². The molecule has 0 bridgehead atoms. The first-order chi connectivity index (χ1) is 16.0. The predicted molar refractivity (Wildman–Crippen MR) is 128 cm³/mol. The Bertz CT molecular complexity index is 1220. The maximum Gasteiger partial charge on any atom is 0.252 e. The first kappa shape index (κ1) is 21.8. The number of nitrogens with zero attached hydrogens (tertiary/aromatic N) is 1. The van der Waals surface area contributed by atoms with Gasteiger partial charge in [-0.2, -0.15) is 0 Å². The molecule has 0 radical (unpaired) electrons. The van der Waals surface area contributed by atoms with E-state index in [9.17, 15) is 14.4 Å². The zero-order valence-electron chi connectivity index (χ0n) is 17.9. The Morgan fingerprint density at radius 3 is 2.64 bits per heavy atom. The maximum absolute atomic E-state index is 13.6. The van der Waals surface area contributed by atoms with Crippen molar-refractivity contribution in [2.75, 3.05) is 13.2 Å². The fraction of sp³-hybridized carbons (Fsp3) is 0.269. The quantitative estimate of drug-likeness (QED) is 0.574. The normalized spacial score (nSPS) is 20.6. The number of ketones is 1. The molecule has 2 aliphatic heterocycles. The van der Waals surface area contributed by atoms with Crippen molar-refractivity contribution in [3.05, 3.63) is 82.3 Å². The van der Waals surface area contributed by atoms with Gasteiger partial charge in [0.2, 0.25) is 5.91 Å². The molecular formula is C26H23BrN2O4. The van der Waals surface area contributed by atoms with Gasteiger partial charge in [0.1, 0.15) is 18.7 Å². The lowest BCUT2D eigenvalue weighted by Crippen LogP contribution is -2.53. The van der Waals surface area contributed by atoms with Crippen LogP contribution in [0.2, 0.25) is 0 Å². The summed E-state index contributed by atoms with van der Waals surface area (Å²) in [5.41, 5.74) is 1.43. The Hall–Kier alpha value is -3.03. The molecule has 2 fully saturated rings. The largest absolute Gasteiger partial charge is 0.368 e. The van der Waals surface area contributed by atoms with Gasteiger partial charge >= 0.3 is 0 Å². The number of nitrogens with one attached hydrogen (secondary N) is 1. The molecule has 7 heteroatoms. The van der Waals surface area contributed by atoms with E-state index in [1.165, 1.54) is 0 Å². The van der Waals surface area contributed by atoms with Crippen LogP contribution in [0.4, 0.5) is 0 Å². The second-order valence-corrected chi connectivity index (χ2v) is 9.38. The van der Waals surface area contributed by atoms with E-state index >= 15 is 0 Å². The first-order valence-corrected chi connectivity index (χ1v) is 11.8. The molecule has 3 atom stereocenters. The lowest BCUT2D eigenvalue weighted by atomic mass is 10.0. The highest BCUT2D eigenvalue weighted by Gasteiger charge is 2.48. The van der Waals surface area contributed by atoms with Gasteiger partial charge in [0.05, 0.1) is 6.10 Å². The monoisotopic (exact) mass is 506 g/mol. The van der Waals surface area contributed by atoms with Crippen molar-refractivity contribution in [3.63, 3.8) is 0 Å². The number of carbonyl (C=O) groups excluding carboxylic acids is 3. The summed E-state index contributed by atoms with van der Waals surface area (Å²) in [6.07, 6.45) is 0.708. The summed E-state index contributed by atoms with van der Waals surface area (Å²) < 4.78 is 6.48. The highest BCUT2D eigenvalue weighted by Crippen LogP contribution is 2.28. The van der Waals surface area contributed by atoms with Crippen LogP contribution in [0.15, 0.2) is 71.2 Å². The van der Waals surface area contributed by atoms with E-state index in [0.717, 1.165) is 20.8 Å². The summed E-state index contributed by atoms with van der Waals surface area (Å²) in [7, 11) is 0. The zero-order valence-corrected chi connectivity index (χ0v) is 19.5. The van der Waals surface area contributed by atoms with Crippen LogP contribution in [0.25, 0.3) is 10.8 Å². The van der Waals surface area contributed by atoms with E-state index in [1.807, 2.05) is 60.7 Å². The molecule has 6 nitrogen and oxygen atoms in total. The van der Waals surface area contributed by atoms with Crippen molar-refractivity contribution in [2.24, 2.45) is 0 Å². The van der Waals surface area contributed by atoms with Gasteiger partial charge in [-0.1, -0.05) is 64.5 Å². The number of carbonyl (C=O) groups is 3. The topological polar surface area (TPSA) is 75.7 Å².